The number of hydrogen-bond donors (Lipinski definition) is 3. The van der Waals surface area contributed by atoms with Crippen LogP contribution in [0.2, 0.25) is 0 Å². The highest BCUT2D eigenvalue weighted by molar-refractivity contribution is 6.00. The summed E-state index contributed by atoms with van der Waals surface area (Å²) in [5.41, 5.74) is 2.28. The number of aromatic nitrogens is 2. The van der Waals surface area contributed by atoms with Gasteiger partial charge >= 0.3 is 0 Å². The second-order valence-electron chi connectivity index (χ2n) is 9.22. The van der Waals surface area contributed by atoms with Gasteiger partial charge in [0.1, 0.15) is 12.1 Å². The number of rotatable bonds is 8. The molecule has 1 atom stereocenters. The van der Waals surface area contributed by atoms with E-state index in [9.17, 15) is 23.5 Å². The Morgan fingerprint density at radius 2 is 1.83 bits per heavy atom. The summed E-state index contributed by atoms with van der Waals surface area (Å²) in [5.74, 6) is 3.70. The summed E-state index contributed by atoms with van der Waals surface area (Å²) >= 11 is 0. The molecule has 1 aromatic heterocycles. The lowest BCUT2D eigenvalue weighted by molar-refractivity contribution is -0.119. The van der Waals surface area contributed by atoms with Crippen molar-refractivity contribution in [1.29, 1.82) is 0 Å². The van der Waals surface area contributed by atoms with Crippen LogP contribution in [0.1, 0.15) is 21.5 Å². The zero-order chi connectivity index (χ0) is 29.5. The first-order chi connectivity index (χ1) is 20.4. The summed E-state index contributed by atoms with van der Waals surface area (Å²) in [6.07, 6.45) is 2.61. The average molecular weight is 567 g/mol. The Bertz CT molecular complexity index is 1770. The number of aliphatic imine (C=N–C) groups is 1. The first-order valence-electron chi connectivity index (χ1n) is 12.8. The number of anilines is 1. The minimum Gasteiger partial charge on any atom is -0.369 e. The van der Waals surface area contributed by atoms with Gasteiger partial charge in [-0.25, -0.2) is 23.7 Å². The maximum atomic E-state index is 13.6. The number of ketones is 1. The first-order valence-corrected chi connectivity index (χ1v) is 12.8. The van der Waals surface area contributed by atoms with E-state index in [-0.39, 0.29) is 31.0 Å². The Morgan fingerprint density at radius 3 is 2.64 bits per heavy atom. The highest BCUT2D eigenvalue weighted by atomic mass is 19.2. The lowest BCUT2D eigenvalue weighted by atomic mass is 10.1. The van der Waals surface area contributed by atoms with Crippen LogP contribution in [-0.2, 0) is 11.3 Å². The summed E-state index contributed by atoms with van der Waals surface area (Å²) < 4.78 is 26.8. The van der Waals surface area contributed by atoms with E-state index in [0.717, 1.165) is 12.1 Å². The first kappa shape index (κ1) is 28.1. The second kappa shape index (κ2) is 12.8. The molecule has 42 heavy (non-hydrogen) atoms. The van der Waals surface area contributed by atoms with E-state index in [1.807, 2.05) is 6.07 Å². The number of nitrogens with zero attached hydrogens (tertiary/aromatic N) is 4. The Kier molecular flexibility index (Phi) is 8.56. The number of halogens is 2. The fourth-order valence-electron chi connectivity index (χ4n) is 4.20. The molecule has 5 rings (SSSR count). The zero-order valence-corrected chi connectivity index (χ0v) is 22.1. The van der Waals surface area contributed by atoms with Crippen molar-refractivity contribution in [2.45, 2.75) is 12.8 Å². The molecule has 1 unspecified atom stereocenters. The largest absolute Gasteiger partial charge is 0.369 e. The number of benzene rings is 3. The number of aliphatic hydroxyl groups excluding tert-OH is 1. The molecule has 1 aliphatic heterocycles. The van der Waals surface area contributed by atoms with Gasteiger partial charge < -0.3 is 20.6 Å². The van der Waals surface area contributed by atoms with Crippen molar-refractivity contribution in [1.82, 2.24) is 20.2 Å². The fraction of sp³-hybridized carbons (Fsp3) is 0.129. The van der Waals surface area contributed by atoms with E-state index in [0.29, 0.717) is 33.4 Å². The summed E-state index contributed by atoms with van der Waals surface area (Å²) in [6.45, 7) is 0.0487. The van der Waals surface area contributed by atoms with Crippen LogP contribution < -0.4 is 10.6 Å². The van der Waals surface area contributed by atoms with Crippen LogP contribution in [0.25, 0.3) is 10.9 Å². The smallest absolute Gasteiger partial charge is 0.254 e. The van der Waals surface area contributed by atoms with Crippen LogP contribution in [0, 0.1) is 23.5 Å². The molecule has 0 aliphatic carbocycles. The zero-order valence-electron chi connectivity index (χ0n) is 22.1. The Morgan fingerprint density at radius 1 is 1.00 bits per heavy atom. The lowest BCUT2D eigenvalue weighted by Crippen LogP contribution is -2.42. The van der Waals surface area contributed by atoms with Gasteiger partial charge in [0.15, 0.2) is 23.6 Å². The molecule has 4 aromatic rings. The number of nitrogens with one attached hydrogen (secondary N) is 2. The Balaban J connectivity index is 1.19. The third kappa shape index (κ3) is 6.63. The van der Waals surface area contributed by atoms with Crippen molar-refractivity contribution in [3.8, 4) is 11.8 Å². The van der Waals surface area contributed by atoms with Crippen molar-refractivity contribution in [2.24, 2.45) is 4.99 Å². The molecule has 0 bridgehead atoms. The van der Waals surface area contributed by atoms with Crippen molar-refractivity contribution < 1.29 is 23.5 Å². The monoisotopic (exact) mass is 566 g/mol. The molecule has 3 aromatic carbocycles. The topological polar surface area (TPSA) is 120 Å². The van der Waals surface area contributed by atoms with Gasteiger partial charge in [0.2, 0.25) is 0 Å². The van der Waals surface area contributed by atoms with Crippen LogP contribution in [-0.4, -0.2) is 57.3 Å². The van der Waals surface area contributed by atoms with Gasteiger partial charge in [0, 0.05) is 29.3 Å². The van der Waals surface area contributed by atoms with Crippen molar-refractivity contribution >= 4 is 34.7 Å². The van der Waals surface area contributed by atoms with Gasteiger partial charge in [-0.1, -0.05) is 48.2 Å². The van der Waals surface area contributed by atoms with E-state index in [4.69, 9.17) is 0 Å². The van der Waals surface area contributed by atoms with Crippen LogP contribution in [0.15, 0.2) is 89.8 Å². The summed E-state index contributed by atoms with van der Waals surface area (Å²) in [4.78, 5) is 39.0. The molecule has 0 spiro atoms. The van der Waals surface area contributed by atoms with Crippen LogP contribution in [0.5, 0.6) is 0 Å². The summed E-state index contributed by atoms with van der Waals surface area (Å²) in [7, 11) is 0. The summed E-state index contributed by atoms with van der Waals surface area (Å²) in [6, 6.07) is 17.7. The molecule has 11 heteroatoms. The molecule has 0 fully saturated rings. The normalized spacial score (nSPS) is 14.1. The maximum absolute atomic E-state index is 13.6. The van der Waals surface area contributed by atoms with Crippen LogP contribution in [0.3, 0.4) is 0 Å². The minimum atomic E-state index is -1.34. The average Bonchev–Trinajstić information content (AvgIpc) is 3.01. The number of fused-ring (bicyclic) bond motifs is 1. The Labute approximate surface area is 239 Å². The molecule has 0 radical (unpaired) electrons. The quantitative estimate of drug-likeness (QED) is 0.221. The van der Waals surface area contributed by atoms with Gasteiger partial charge in [-0.2, -0.15) is 0 Å². The van der Waals surface area contributed by atoms with Gasteiger partial charge in [-0.15, -0.1) is 0 Å². The third-order valence-corrected chi connectivity index (χ3v) is 6.35. The van der Waals surface area contributed by atoms with E-state index in [1.165, 1.54) is 29.8 Å². The van der Waals surface area contributed by atoms with Crippen LogP contribution >= 0.6 is 0 Å². The lowest BCUT2D eigenvalue weighted by Gasteiger charge is -2.29. The van der Waals surface area contributed by atoms with Crippen molar-refractivity contribution in [3.63, 3.8) is 0 Å². The molecule has 1 aliphatic rings. The SMILES string of the molecule is O=C(NCC#Cc1ccc2ncnc(NCC(=O)c3ccccc3)c2c1)C1=CN=CN(Cc2ccc(F)c(F)c2)C1O. The van der Waals surface area contributed by atoms with Crippen molar-refractivity contribution in [2.75, 3.05) is 18.4 Å². The molecule has 0 saturated heterocycles. The molecule has 2 heterocycles. The molecule has 9 nitrogen and oxygen atoms in total. The van der Waals surface area contributed by atoms with E-state index in [2.05, 4.69) is 37.4 Å². The molecular formula is C31H24F2N6O3. The minimum absolute atomic E-state index is 0.00916. The van der Waals surface area contributed by atoms with Gasteiger partial charge in [-0.3, -0.25) is 9.59 Å². The Hall–Kier alpha value is -5.47. The highest BCUT2D eigenvalue weighted by Gasteiger charge is 2.26. The maximum Gasteiger partial charge on any atom is 0.254 e. The fourth-order valence-corrected chi connectivity index (χ4v) is 4.20. The number of carbonyl (C=O) groups is 2. The van der Waals surface area contributed by atoms with Gasteiger partial charge in [0.25, 0.3) is 5.91 Å². The predicted molar refractivity (Wildman–Crippen MR) is 153 cm³/mol. The summed E-state index contributed by atoms with van der Waals surface area (Å²) in [5, 5.41) is 17.0. The molecule has 210 valence electrons. The van der Waals surface area contributed by atoms with Gasteiger partial charge in [0.05, 0.1) is 30.5 Å². The number of aliphatic hydroxyl groups is 1. The van der Waals surface area contributed by atoms with Gasteiger partial charge in [-0.05, 0) is 35.9 Å². The molecule has 1 amide bonds. The molecular weight excluding hydrogens is 542 g/mol. The predicted octanol–water partition coefficient (Wildman–Crippen LogP) is 3.42. The molecule has 3 N–H and O–H groups in total. The number of amides is 1. The van der Waals surface area contributed by atoms with Crippen molar-refractivity contribution in [3.05, 3.63) is 113 Å². The standard InChI is InChI=1S/C31H24F2N6O3/c32-25-10-8-21(14-26(25)33)17-39-19-34-15-24(31(39)42)30(41)35-12-4-5-20-9-11-27-23(13-20)29(38-18-37-27)36-16-28(40)22-6-2-1-3-7-22/h1-3,6-11,13-15,18-19,31,42H,12,16-17H2,(H,35,41)(H,36,37,38). The van der Waals surface area contributed by atoms with E-state index < -0.39 is 23.8 Å². The number of carbonyl (C=O) groups excluding carboxylic acids is 2. The van der Waals surface area contributed by atoms with E-state index >= 15 is 0 Å². The van der Waals surface area contributed by atoms with E-state index in [1.54, 1.807) is 42.5 Å². The molecule has 0 saturated carbocycles. The second-order valence-corrected chi connectivity index (χ2v) is 9.22. The third-order valence-electron chi connectivity index (χ3n) is 6.35. The number of Topliss-reactive ketones (excluding diaryl/α,β-unsaturated/α-hetero) is 1. The van der Waals surface area contributed by atoms with Crippen LogP contribution in [0.4, 0.5) is 14.6 Å². The number of hydrogen-bond acceptors (Lipinski definition) is 8. The highest BCUT2D eigenvalue weighted by Crippen LogP contribution is 2.21.